The summed E-state index contributed by atoms with van der Waals surface area (Å²) in [7, 11) is 0. The first-order chi connectivity index (χ1) is 12.2. The molecule has 0 saturated heterocycles. The number of ether oxygens (including phenoxy) is 1. The first kappa shape index (κ1) is 16.2. The highest BCUT2D eigenvalue weighted by Gasteiger charge is 2.45. The Morgan fingerprint density at radius 1 is 1.12 bits per heavy atom. The number of esters is 1. The number of halogens is 1. The topological polar surface area (TPSA) is 39.2 Å². The first-order valence-electron chi connectivity index (χ1n) is 8.46. The van der Waals surface area contributed by atoms with Crippen LogP contribution in [0.5, 0.6) is 0 Å². The summed E-state index contributed by atoms with van der Waals surface area (Å²) in [5, 5.41) is 0.760. The van der Waals surface area contributed by atoms with Crippen molar-refractivity contribution in [3.05, 3.63) is 64.9 Å². The lowest BCUT2D eigenvalue weighted by atomic mass is 9.78. The van der Waals surface area contributed by atoms with Gasteiger partial charge >= 0.3 is 5.97 Å². The fourth-order valence-corrected chi connectivity index (χ4v) is 4.54. The van der Waals surface area contributed by atoms with Crippen molar-refractivity contribution in [3.63, 3.8) is 0 Å². The molecule has 0 spiro atoms. The Morgan fingerprint density at radius 3 is 2.60 bits per heavy atom. The van der Waals surface area contributed by atoms with Crippen molar-refractivity contribution >= 4 is 27.5 Å². The van der Waals surface area contributed by atoms with Crippen LogP contribution in [0.4, 0.5) is 4.39 Å². The molecule has 0 unspecified atom stereocenters. The van der Waals surface area contributed by atoms with Crippen LogP contribution in [0.2, 0.25) is 0 Å². The number of aromatic nitrogens is 1. The molecule has 1 aliphatic rings. The Morgan fingerprint density at radius 2 is 1.84 bits per heavy atom. The van der Waals surface area contributed by atoms with Crippen LogP contribution in [0.25, 0.3) is 10.2 Å². The van der Waals surface area contributed by atoms with Crippen LogP contribution in [-0.4, -0.2) is 11.0 Å². The molecule has 2 aromatic carbocycles. The van der Waals surface area contributed by atoms with E-state index < -0.39 is 5.41 Å². The van der Waals surface area contributed by atoms with Gasteiger partial charge in [-0.05, 0) is 31.0 Å². The van der Waals surface area contributed by atoms with Gasteiger partial charge in [0.25, 0.3) is 0 Å². The molecular formula is C20H18FNO2S. The van der Waals surface area contributed by atoms with Crippen molar-refractivity contribution < 1.29 is 13.9 Å². The molecule has 0 atom stereocenters. The Bertz CT molecular complexity index is 882. The smallest absolute Gasteiger partial charge is 0.317 e. The quantitative estimate of drug-likeness (QED) is 0.619. The summed E-state index contributed by atoms with van der Waals surface area (Å²) in [6.45, 7) is 0.133. The second kappa shape index (κ2) is 6.56. The first-order valence-corrected chi connectivity index (χ1v) is 9.27. The van der Waals surface area contributed by atoms with E-state index in [9.17, 15) is 9.18 Å². The van der Waals surface area contributed by atoms with Crippen LogP contribution in [-0.2, 0) is 21.6 Å². The molecule has 4 rings (SSSR count). The van der Waals surface area contributed by atoms with Crippen LogP contribution >= 0.6 is 11.3 Å². The van der Waals surface area contributed by atoms with Crippen molar-refractivity contribution in [1.82, 2.24) is 4.98 Å². The van der Waals surface area contributed by atoms with E-state index in [0.717, 1.165) is 28.1 Å². The van der Waals surface area contributed by atoms with Crippen LogP contribution in [0.15, 0.2) is 48.5 Å². The van der Waals surface area contributed by atoms with Gasteiger partial charge in [-0.2, -0.15) is 0 Å². The lowest BCUT2D eigenvalue weighted by molar-refractivity contribution is -0.152. The molecule has 1 fully saturated rings. The minimum atomic E-state index is -0.859. The number of benzene rings is 2. The van der Waals surface area contributed by atoms with Crippen molar-refractivity contribution in [2.75, 3.05) is 0 Å². The third-order valence-electron chi connectivity index (χ3n) is 4.90. The minimum absolute atomic E-state index is 0.133. The Balaban J connectivity index is 1.56. The van der Waals surface area contributed by atoms with Crippen LogP contribution in [0.1, 0.15) is 36.3 Å². The van der Waals surface area contributed by atoms with E-state index in [1.54, 1.807) is 18.2 Å². The van der Waals surface area contributed by atoms with E-state index in [0.29, 0.717) is 18.4 Å². The molecule has 0 N–H and O–H groups in total. The molecule has 1 heterocycles. The highest BCUT2D eigenvalue weighted by atomic mass is 32.1. The summed E-state index contributed by atoms with van der Waals surface area (Å²) in [6, 6.07) is 14.4. The number of hydrogen-bond donors (Lipinski definition) is 0. The monoisotopic (exact) mass is 355 g/mol. The SMILES string of the molecule is O=C(OCc1nc2ccccc2s1)C1(c2ccccc2F)CCCC1. The van der Waals surface area contributed by atoms with Gasteiger partial charge in [-0.3, -0.25) is 4.79 Å². The van der Waals surface area contributed by atoms with E-state index in [4.69, 9.17) is 4.74 Å². The van der Waals surface area contributed by atoms with E-state index in [1.807, 2.05) is 24.3 Å². The summed E-state index contributed by atoms with van der Waals surface area (Å²) in [5.41, 5.74) is 0.507. The van der Waals surface area contributed by atoms with E-state index >= 15 is 0 Å². The molecule has 3 nitrogen and oxygen atoms in total. The Kier molecular flexibility index (Phi) is 4.25. The molecule has 5 heteroatoms. The molecule has 0 radical (unpaired) electrons. The third-order valence-corrected chi connectivity index (χ3v) is 5.91. The number of para-hydroxylation sites is 1. The van der Waals surface area contributed by atoms with E-state index in [1.165, 1.54) is 17.4 Å². The van der Waals surface area contributed by atoms with Crippen LogP contribution < -0.4 is 0 Å². The second-order valence-corrected chi connectivity index (χ2v) is 7.54. The highest BCUT2D eigenvalue weighted by molar-refractivity contribution is 7.18. The zero-order valence-electron chi connectivity index (χ0n) is 13.7. The van der Waals surface area contributed by atoms with E-state index in [2.05, 4.69) is 4.98 Å². The number of carbonyl (C=O) groups excluding carboxylic acids is 1. The molecular weight excluding hydrogens is 337 g/mol. The predicted molar refractivity (Wildman–Crippen MR) is 96.0 cm³/mol. The van der Waals surface area contributed by atoms with Crippen molar-refractivity contribution in [2.24, 2.45) is 0 Å². The van der Waals surface area contributed by atoms with Gasteiger partial charge in [0.15, 0.2) is 0 Å². The van der Waals surface area contributed by atoms with Gasteiger partial charge in [0.2, 0.25) is 0 Å². The van der Waals surface area contributed by atoms with Gasteiger partial charge in [0, 0.05) is 5.56 Å². The molecule has 128 valence electrons. The van der Waals surface area contributed by atoms with Crippen LogP contribution in [0, 0.1) is 5.82 Å². The lowest BCUT2D eigenvalue weighted by Gasteiger charge is -2.27. The molecule has 0 aliphatic heterocycles. The molecule has 0 bridgehead atoms. The summed E-state index contributed by atoms with van der Waals surface area (Å²) in [6.07, 6.45) is 3.08. The summed E-state index contributed by atoms with van der Waals surface area (Å²) in [5.74, 6) is -0.671. The van der Waals surface area contributed by atoms with Gasteiger partial charge in [-0.1, -0.05) is 43.2 Å². The molecule has 1 aliphatic carbocycles. The zero-order chi connectivity index (χ0) is 17.3. The number of thiazole rings is 1. The number of nitrogens with zero attached hydrogens (tertiary/aromatic N) is 1. The summed E-state index contributed by atoms with van der Waals surface area (Å²) < 4.78 is 21.0. The molecule has 0 amide bonds. The minimum Gasteiger partial charge on any atom is -0.458 e. The largest absolute Gasteiger partial charge is 0.458 e. The van der Waals surface area contributed by atoms with Crippen LogP contribution in [0.3, 0.4) is 0 Å². The number of hydrogen-bond acceptors (Lipinski definition) is 4. The highest BCUT2D eigenvalue weighted by Crippen LogP contribution is 2.43. The predicted octanol–water partition coefficient (Wildman–Crippen LogP) is 4.99. The van der Waals surface area contributed by atoms with Gasteiger partial charge < -0.3 is 4.74 Å². The van der Waals surface area contributed by atoms with Gasteiger partial charge in [0.1, 0.15) is 17.4 Å². The average molecular weight is 355 g/mol. The molecule has 25 heavy (non-hydrogen) atoms. The van der Waals surface area contributed by atoms with Crippen molar-refractivity contribution in [2.45, 2.75) is 37.7 Å². The third kappa shape index (κ3) is 2.93. The summed E-state index contributed by atoms with van der Waals surface area (Å²) in [4.78, 5) is 17.4. The number of fused-ring (bicyclic) bond motifs is 1. The summed E-state index contributed by atoms with van der Waals surface area (Å²) >= 11 is 1.52. The van der Waals surface area contributed by atoms with Gasteiger partial charge in [-0.15, -0.1) is 11.3 Å². The average Bonchev–Trinajstić information content (AvgIpc) is 3.27. The maximum Gasteiger partial charge on any atom is 0.317 e. The Labute approximate surface area is 149 Å². The fourth-order valence-electron chi connectivity index (χ4n) is 3.66. The number of rotatable bonds is 4. The maximum absolute atomic E-state index is 14.3. The molecule has 1 aromatic heterocycles. The van der Waals surface area contributed by atoms with E-state index in [-0.39, 0.29) is 18.4 Å². The molecule has 1 saturated carbocycles. The fraction of sp³-hybridized carbons (Fsp3) is 0.300. The van der Waals surface area contributed by atoms with Crippen molar-refractivity contribution in [1.29, 1.82) is 0 Å². The zero-order valence-corrected chi connectivity index (χ0v) is 14.5. The van der Waals surface area contributed by atoms with Gasteiger partial charge in [0.05, 0.1) is 15.6 Å². The maximum atomic E-state index is 14.3. The Hall–Kier alpha value is -2.27. The second-order valence-electron chi connectivity index (χ2n) is 6.42. The molecule has 3 aromatic rings. The number of carbonyl (C=O) groups is 1. The normalized spacial score (nSPS) is 16.2. The standard InChI is InChI=1S/C20H18FNO2S/c21-15-8-2-1-7-14(15)20(11-5-6-12-20)19(23)24-13-18-22-16-9-3-4-10-17(16)25-18/h1-4,7-10H,5-6,11-13H2. The lowest BCUT2D eigenvalue weighted by Crippen LogP contribution is -2.35. The van der Waals surface area contributed by atoms with Crippen molar-refractivity contribution in [3.8, 4) is 0 Å². The van der Waals surface area contributed by atoms with Gasteiger partial charge in [-0.25, -0.2) is 9.37 Å².